The number of hydrogen-bond acceptors (Lipinski definition) is 1. The third kappa shape index (κ3) is 8.86. The smallest absolute Gasteiger partial charge is 0.0154 e. The summed E-state index contributed by atoms with van der Waals surface area (Å²) in [6.45, 7) is 4.62. The SMILES string of the molecule is CCCCCCCCCCCCC1(N)CCC(CC)CC1. The minimum atomic E-state index is 0.200. The maximum Gasteiger partial charge on any atom is 0.0154 e. The first-order valence-electron chi connectivity index (χ1n) is 9.99. The minimum Gasteiger partial charge on any atom is -0.325 e. The van der Waals surface area contributed by atoms with E-state index in [1.807, 2.05) is 0 Å². The van der Waals surface area contributed by atoms with Crippen LogP contribution in [0.15, 0.2) is 0 Å². The lowest BCUT2D eigenvalue weighted by atomic mass is 9.74. The van der Waals surface area contributed by atoms with Gasteiger partial charge in [0.05, 0.1) is 0 Å². The molecule has 0 amide bonds. The topological polar surface area (TPSA) is 26.0 Å². The van der Waals surface area contributed by atoms with Crippen molar-refractivity contribution in [2.45, 2.75) is 122 Å². The molecule has 0 aromatic heterocycles. The van der Waals surface area contributed by atoms with Gasteiger partial charge in [0.2, 0.25) is 0 Å². The fraction of sp³-hybridized carbons (Fsp3) is 1.00. The molecule has 0 aliphatic heterocycles. The van der Waals surface area contributed by atoms with Crippen LogP contribution in [0.25, 0.3) is 0 Å². The van der Waals surface area contributed by atoms with Crippen LogP contribution in [0.2, 0.25) is 0 Å². The standard InChI is InChI=1S/C20H41N/c1-3-5-6-7-8-9-10-11-12-13-16-20(21)17-14-19(4-2)15-18-20/h19H,3-18,21H2,1-2H3. The molecule has 126 valence electrons. The molecule has 1 rings (SSSR count). The summed E-state index contributed by atoms with van der Waals surface area (Å²) in [5.41, 5.74) is 6.79. The van der Waals surface area contributed by atoms with E-state index in [4.69, 9.17) is 5.73 Å². The van der Waals surface area contributed by atoms with Gasteiger partial charge in [0.15, 0.2) is 0 Å². The van der Waals surface area contributed by atoms with Crippen molar-refractivity contribution in [1.82, 2.24) is 0 Å². The predicted molar refractivity (Wildman–Crippen MR) is 95.6 cm³/mol. The van der Waals surface area contributed by atoms with E-state index < -0.39 is 0 Å². The van der Waals surface area contributed by atoms with E-state index in [2.05, 4.69) is 13.8 Å². The van der Waals surface area contributed by atoms with Crippen molar-refractivity contribution in [3.8, 4) is 0 Å². The Hall–Kier alpha value is -0.0400. The largest absolute Gasteiger partial charge is 0.325 e. The average molecular weight is 296 g/mol. The molecule has 0 heterocycles. The lowest BCUT2D eigenvalue weighted by Crippen LogP contribution is -2.43. The summed E-state index contributed by atoms with van der Waals surface area (Å²) in [7, 11) is 0. The fourth-order valence-electron chi connectivity index (χ4n) is 3.88. The second-order valence-electron chi connectivity index (χ2n) is 7.65. The van der Waals surface area contributed by atoms with Gasteiger partial charge < -0.3 is 5.73 Å². The first-order valence-corrected chi connectivity index (χ1v) is 9.99. The highest BCUT2D eigenvalue weighted by Gasteiger charge is 2.30. The second-order valence-corrected chi connectivity index (χ2v) is 7.65. The molecular formula is C20H41N. The van der Waals surface area contributed by atoms with Crippen molar-refractivity contribution in [3.05, 3.63) is 0 Å². The van der Waals surface area contributed by atoms with Crippen LogP contribution < -0.4 is 5.73 Å². The van der Waals surface area contributed by atoms with Crippen molar-refractivity contribution < 1.29 is 0 Å². The van der Waals surface area contributed by atoms with Crippen LogP contribution in [0, 0.1) is 5.92 Å². The zero-order valence-electron chi connectivity index (χ0n) is 15.0. The van der Waals surface area contributed by atoms with Gasteiger partial charge in [-0.1, -0.05) is 84.5 Å². The van der Waals surface area contributed by atoms with Gasteiger partial charge in [-0.2, -0.15) is 0 Å². The molecule has 0 aromatic rings. The predicted octanol–water partition coefficient (Wildman–Crippen LogP) is 6.60. The van der Waals surface area contributed by atoms with Crippen LogP contribution in [0.5, 0.6) is 0 Å². The summed E-state index contributed by atoms with van der Waals surface area (Å²) >= 11 is 0. The van der Waals surface area contributed by atoms with Crippen molar-refractivity contribution in [1.29, 1.82) is 0 Å². The van der Waals surface area contributed by atoms with E-state index in [9.17, 15) is 0 Å². The number of rotatable bonds is 12. The molecule has 1 aliphatic rings. The highest BCUT2D eigenvalue weighted by atomic mass is 14.7. The zero-order chi connectivity index (χ0) is 15.4. The van der Waals surface area contributed by atoms with Crippen LogP contribution in [0.4, 0.5) is 0 Å². The van der Waals surface area contributed by atoms with Crippen LogP contribution in [0.1, 0.15) is 117 Å². The zero-order valence-corrected chi connectivity index (χ0v) is 15.0. The van der Waals surface area contributed by atoms with E-state index >= 15 is 0 Å². The first kappa shape index (κ1) is 19.0. The van der Waals surface area contributed by atoms with Crippen LogP contribution in [0.3, 0.4) is 0 Å². The fourth-order valence-corrected chi connectivity index (χ4v) is 3.88. The summed E-state index contributed by atoms with van der Waals surface area (Å²) in [6, 6.07) is 0. The Bertz CT molecular complexity index is 228. The van der Waals surface area contributed by atoms with Gasteiger partial charge in [-0.05, 0) is 38.0 Å². The lowest BCUT2D eigenvalue weighted by molar-refractivity contribution is 0.213. The summed E-state index contributed by atoms with van der Waals surface area (Å²) < 4.78 is 0. The van der Waals surface area contributed by atoms with Crippen molar-refractivity contribution in [3.63, 3.8) is 0 Å². The van der Waals surface area contributed by atoms with Crippen LogP contribution >= 0.6 is 0 Å². The molecule has 1 aliphatic carbocycles. The van der Waals surface area contributed by atoms with Crippen LogP contribution in [-0.4, -0.2) is 5.54 Å². The molecule has 0 radical (unpaired) electrons. The van der Waals surface area contributed by atoms with Crippen LogP contribution in [-0.2, 0) is 0 Å². The van der Waals surface area contributed by atoms with E-state index in [1.54, 1.807) is 0 Å². The quantitative estimate of drug-likeness (QED) is 0.403. The Balaban J connectivity index is 1.90. The molecule has 2 N–H and O–H groups in total. The van der Waals surface area contributed by atoms with Gasteiger partial charge in [0.1, 0.15) is 0 Å². The summed E-state index contributed by atoms with van der Waals surface area (Å²) in [4.78, 5) is 0. The van der Waals surface area contributed by atoms with Crippen molar-refractivity contribution in [2.24, 2.45) is 11.7 Å². The summed E-state index contributed by atoms with van der Waals surface area (Å²) in [5, 5.41) is 0. The number of hydrogen-bond donors (Lipinski definition) is 1. The van der Waals surface area contributed by atoms with Crippen molar-refractivity contribution in [2.75, 3.05) is 0 Å². The third-order valence-corrected chi connectivity index (χ3v) is 5.71. The number of unbranched alkanes of at least 4 members (excludes halogenated alkanes) is 9. The highest BCUT2D eigenvalue weighted by Crippen LogP contribution is 2.35. The Morgan fingerprint density at radius 1 is 0.762 bits per heavy atom. The molecule has 0 bridgehead atoms. The normalized spacial score (nSPS) is 26.1. The monoisotopic (exact) mass is 295 g/mol. The van der Waals surface area contributed by atoms with Gasteiger partial charge in [-0.25, -0.2) is 0 Å². The van der Waals surface area contributed by atoms with E-state index in [0.29, 0.717) is 0 Å². The lowest BCUT2D eigenvalue weighted by Gasteiger charge is -2.37. The van der Waals surface area contributed by atoms with E-state index in [0.717, 1.165) is 5.92 Å². The van der Waals surface area contributed by atoms with Gasteiger partial charge in [-0.3, -0.25) is 0 Å². The molecule has 0 spiro atoms. The number of nitrogens with two attached hydrogens (primary N) is 1. The Kier molecular flexibility index (Phi) is 10.4. The molecule has 0 unspecified atom stereocenters. The van der Waals surface area contributed by atoms with Gasteiger partial charge in [-0.15, -0.1) is 0 Å². The average Bonchev–Trinajstić information content (AvgIpc) is 2.50. The molecule has 0 atom stereocenters. The molecular weight excluding hydrogens is 254 g/mol. The Morgan fingerprint density at radius 2 is 1.24 bits per heavy atom. The highest BCUT2D eigenvalue weighted by molar-refractivity contribution is 4.89. The maximum atomic E-state index is 6.58. The summed E-state index contributed by atoms with van der Waals surface area (Å²) in [6.07, 6.45) is 22.2. The maximum absolute atomic E-state index is 6.58. The molecule has 1 heteroatoms. The molecule has 21 heavy (non-hydrogen) atoms. The third-order valence-electron chi connectivity index (χ3n) is 5.71. The van der Waals surface area contributed by atoms with Gasteiger partial charge >= 0.3 is 0 Å². The first-order chi connectivity index (χ1) is 10.2. The second kappa shape index (κ2) is 11.5. The van der Waals surface area contributed by atoms with E-state index in [1.165, 1.54) is 103 Å². The van der Waals surface area contributed by atoms with Gasteiger partial charge in [0, 0.05) is 5.54 Å². The molecule has 1 fully saturated rings. The summed E-state index contributed by atoms with van der Waals surface area (Å²) in [5.74, 6) is 0.967. The Morgan fingerprint density at radius 3 is 1.71 bits per heavy atom. The van der Waals surface area contributed by atoms with Gasteiger partial charge in [0.25, 0.3) is 0 Å². The minimum absolute atomic E-state index is 0.200. The Labute approximate surface area is 134 Å². The molecule has 0 aromatic carbocycles. The molecule has 0 saturated heterocycles. The molecule has 1 saturated carbocycles. The van der Waals surface area contributed by atoms with Crippen molar-refractivity contribution >= 4 is 0 Å². The van der Waals surface area contributed by atoms with E-state index in [-0.39, 0.29) is 5.54 Å². The molecule has 1 nitrogen and oxygen atoms in total.